The van der Waals surface area contributed by atoms with E-state index in [2.05, 4.69) is 57.1 Å². The van der Waals surface area contributed by atoms with Crippen LogP contribution in [0.4, 0.5) is 0 Å². The van der Waals surface area contributed by atoms with E-state index in [1.165, 1.54) is 5.56 Å². The average Bonchev–Trinajstić information content (AvgIpc) is 2.18. The van der Waals surface area contributed by atoms with Gasteiger partial charge < -0.3 is 10.6 Å². The Balaban J connectivity index is 2.67. The molecule has 1 unspecified atom stereocenters. The summed E-state index contributed by atoms with van der Waals surface area (Å²) in [5.41, 5.74) is 7.57. The van der Waals surface area contributed by atoms with Crippen LogP contribution in [0.25, 0.3) is 0 Å². The molecule has 0 saturated heterocycles. The molecule has 1 aromatic carbocycles. The molecule has 1 rings (SSSR count). The summed E-state index contributed by atoms with van der Waals surface area (Å²) in [5.74, 6) is 0. The molecule has 1 atom stereocenters. The summed E-state index contributed by atoms with van der Waals surface area (Å²) in [6.07, 6.45) is 0.923. The van der Waals surface area contributed by atoms with Gasteiger partial charge in [-0.3, -0.25) is 0 Å². The minimum absolute atomic E-state index is 0.0237. The minimum atomic E-state index is 0.0237. The third kappa shape index (κ3) is 3.05. The van der Waals surface area contributed by atoms with Crippen molar-refractivity contribution < 1.29 is 0 Å². The molecule has 2 heteroatoms. The number of hydrogen-bond donors (Lipinski definition) is 1. The predicted octanol–water partition coefficient (Wildman–Crippen LogP) is 1.90. The van der Waals surface area contributed by atoms with Crippen molar-refractivity contribution in [2.24, 2.45) is 5.73 Å². The smallest absolute Gasteiger partial charge is 0.0301 e. The largest absolute Gasteiger partial charge is 0.326 e. The summed E-state index contributed by atoms with van der Waals surface area (Å²) >= 11 is 0. The van der Waals surface area contributed by atoms with Gasteiger partial charge in [-0.05, 0) is 39.9 Å². The molecule has 0 heterocycles. The summed E-state index contributed by atoms with van der Waals surface area (Å²) in [4.78, 5) is 2.18. The first-order valence-corrected chi connectivity index (χ1v) is 5.41. The SMILES string of the molecule is CN(C)C(C)(C)C(N)Cc1ccccc1. The van der Waals surface area contributed by atoms with Crippen LogP contribution in [0.1, 0.15) is 19.4 Å². The molecule has 1 aromatic rings. The molecule has 0 fully saturated rings. The Labute approximate surface area is 93.1 Å². The van der Waals surface area contributed by atoms with Crippen molar-refractivity contribution in [3.8, 4) is 0 Å². The standard InChI is InChI=1S/C13H22N2/c1-13(2,15(3)4)12(14)10-11-8-6-5-7-9-11/h5-9,12H,10,14H2,1-4H3. The molecule has 0 aliphatic rings. The van der Waals surface area contributed by atoms with E-state index in [1.807, 2.05) is 6.07 Å². The summed E-state index contributed by atoms with van der Waals surface area (Å²) in [5, 5.41) is 0. The quantitative estimate of drug-likeness (QED) is 0.815. The molecule has 0 aliphatic carbocycles. The van der Waals surface area contributed by atoms with E-state index in [0.29, 0.717) is 0 Å². The number of rotatable bonds is 4. The molecule has 0 saturated carbocycles. The predicted molar refractivity (Wildman–Crippen MR) is 65.9 cm³/mol. The number of nitrogens with zero attached hydrogens (tertiary/aromatic N) is 1. The third-order valence-electron chi connectivity index (χ3n) is 3.36. The Kier molecular flexibility index (Phi) is 3.89. The lowest BCUT2D eigenvalue weighted by Crippen LogP contribution is -2.54. The average molecular weight is 206 g/mol. The molecule has 15 heavy (non-hydrogen) atoms. The van der Waals surface area contributed by atoms with Crippen LogP contribution in [0.15, 0.2) is 30.3 Å². The zero-order valence-corrected chi connectivity index (χ0v) is 10.2. The molecule has 2 nitrogen and oxygen atoms in total. The Bertz CT molecular complexity index is 291. The number of benzene rings is 1. The number of hydrogen-bond acceptors (Lipinski definition) is 2. The summed E-state index contributed by atoms with van der Waals surface area (Å²) in [6, 6.07) is 10.6. The van der Waals surface area contributed by atoms with Gasteiger partial charge in [-0.1, -0.05) is 30.3 Å². The Morgan fingerprint density at radius 1 is 1.20 bits per heavy atom. The van der Waals surface area contributed by atoms with Gasteiger partial charge in [0.2, 0.25) is 0 Å². The van der Waals surface area contributed by atoms with Crippen molar-refractivity contribution in [3.05, 3.63) is 35.9 Å². The number of likely N-dealkylation sites (N-methyl/N-ethyl adjacent to an activating group) is 1. The van der Waals surface area contributed by atoms with Gasteiger partial charge in [0.15, 0.2) is 0 Å². The zero-order valence-electron chi connectivity index (χ0n) is 10.2. The first-order chi connectivity index (χ1) is 6.94. The van der Waals surface area contributed by atoms with E-state index < -0.39 is 0 Å². The molecule has 84 valence electrons. The van der Waals surface area contributed by atoms with E-state index in [0.717, 1.165) is 6.42 Å². The molecule has 0 amide bonds. The summed E-state index contributed by atoms with van der Waals surface area (Å²) in [6.45, 7) is 4.36. The van der Waals surface area contributed by atoms with Crippen LogP contribution < -0.4 is 5.73 Å². The van der Waals surface area contributed by atoms with E-state index >= 15 is 0 Å². The Morgan fingerprint density at radius 2 is 1.73 bits per heavy atom. The maximum atomic E-state index is 6.24. The van der Waals surface area contributed by atoms with Gasteiger partial charge in [-0.15, -0.1) is 0 Å². The van der Waals surface area contributed by atoms with Crippen LogP contribution >= 0.6 is 0 Å². The molecule has 2 N–H and O–H groups in total. The highest BCUT2D eigenvalue weighted by Gasteiger charge is 2.28. The van der Waals surface area contributed by atoms with E-state index in [1.54, 1.807) is 0 Å². The highest BCUT2D eigenvalue weighted by molar-refractivity contribution is 5.17. The molecular formula is C13H22N2. The van der Waals surface area contributed by atoms with Gasteiger partial charge >= 0.3 is 0 Å². The van der Waals surface area contributed by atoms with Crippen LogP contribution in [-0.2, 0) is 6.42 Å². The van der Waals surface area contributed by atoms with Crippen molar-refractivity contribution in [2.75, 3.05) is 14.1 Å². The third-order valence-corrected chi connectivity index (χ3v) is 3.36. The lowest BCUT2D eigenvalue weighted by Gasteiger charge is -2.38. The molecule has 0 aromatic heterocycles. The monoisotopic (exact) mass is 206 g/mol. The van der Waals surface area contributed by atoms with E-state index in [9.17, 15) is 0 Å². The Hall–Kier alpha value is -0.860. The summed E-state index contributed by atoms with van der Waals surface area (Å²) < 4.78 is 0. The van der Waals surface area contributed by atoms with Crippen molar-refractivity contribution in [1.29, 1.82) is 0 Å². The van der Waals surface area contributed by atoms with Gasteiger partial charge in [0.25, 0.3) is 0 Å². The van der Waals surface area contributed by atoms with Gasteiger partial charge in [0.1, 0.15) is 0 Å². The van der Waals surface area contributed by atoms with Crippen LogP contribution in [-0.4, -0.2) is 30.6 Å². The van der Waals surface area contributed by atoms with Crippen LogP contribution in [0, 0.1) is 0 Å². The maximum absolute atomic E-state index is 6.24. The second kappa shape index (κ2) is 4.77. The lowest BCUT2D eigenvalue weighted by atomic mass is 9.89. The maximum Gasteiger partial charge on any atom is 0.0301 e. The highest BCUT2D eigenvalue weighted by atomic mass is 15.2. The van der Waals surface area contributed by atoms with Crippen molar-refractivity contribution >= 4 is 0 Å². The molecular weight excluding hydrogens is 184 g/mol. The molecule has 0 spiro atoms. The topological polar surface area (TPSA) is 29.3 Å². The van der Waals surface area contributed by atoms with Gasteiger partial charge in [0.05, 0.1) is 0 Å². The van der Waals surface area contributed by atoms with Crippen LogP contribution in [0.5, 0.6) is 0 Å². The van der Waals surface area contributed by atoms with Crippen molar-refractivity contribution in [3.63, 3.8) is 0 Å². The first-order valence-electron chi connectivity index (χ1n) is 5.41. The van der Waals surface area contributed by atoms with Gasteiger partial charge in [0, 0.05) is 11.6 Å². The second-order valence-electron chi connectivity index (χ2n) is 4.84. The number of nitrogens with two attached hydrogens (primary N) is 1. The molecule has 0 aliphatic heterocycles. The highest BCUT2D eigenvalue weighted by Crippen LogP contribution is 2.17. The second-order valence-corrected chi connectivity index (χ2v) is 4.84. The Morgan fingerprint density at radius 3 is 2.20 bits per heavy atom. The van der Waals surface area contributed by atoms with E-state index in [4.69, 9.17) is 5.73 Å². The van der Waals surface area contributed by atoms with Gasteiger partial charge in [-0.2, -0.15) is 0 Å². The lowest BCUT2D eigenvalue weighted by molar-refractivity contribution is 0.158. The van der Waals surface area contributed by atoms with E-state index in [-0.39, 0.29) is 11.6 Å². The first kappa shape index (κ1) is 12.2. The normalized spacial score (nSPS) is 14.3. The zero-order chi connectivity index (χ0) is 11.5. The fourth-order valence-electron chi connectivity index (χ4n) is 1.45. The fraction of sp³-hybridized carbons (Fsp3) is 0.538. The molecule has 0 bridgehead atoms. The van der Waals surface area contributed by atoms with Crippen LogP contribution in [0.2, 0.25) is 0 Å². The van der Waals surface area contributed by atoms with Gasteiger partial charge in [-0.25, -0.2) is 0 Å². The van der Waals surface area contributed by atoms with Crippen LogP contribution in [0.3, 0.4) is 0 Å². The minimum Gasteiger partial charge on any atom is -0.326 e. The molecule has 0 radical (unpaired) electrons. The summed E-state index contributed by atoms with van der Waals surface area (Å²) in [7, 11) is 4.15. The van der Waals surface area contributed by atoms with Crippen molar-refractivity contribution in [2.45, 2.75) is 31.8 Å². The van der Waals surface area contributed by atoms with Crippen molar-refractivity contribution in [1.82, 2.24) is 4.90 Å². The fourth-order valence-corrected chi connectivity index (χ4v) is 1.45.